The van der Waals surface area contributed by atoms with E-state index >= 15 is 0 Å². The van der Waals surface area contributed by atoms with E-state index in [0.717, 1.165) is 37.2 Å². The minimum absolute atomic E-state index is 0.0199. The van der Waals surface area contributed by atoms with Crippen LogP contribution in [0.2, 0.25) is 0 Å². The molecule has 0 unspecified atom stereocenters. The van der Waals surface area contributed by atoms with Crippen LogP contribution in [0.1, 0.15) is 38.1 Å². The number of hydrogen-bond donors (Lipinski definition) is 1. The third kappa shape index (κ3) is 5.01. The number of amides is 1. The van der Waals surface area contributed by atoms with Crippen LogP contribution in [0.5, 0.6) is 0 Å². The molecule has 0 aliphatic carbocycles. The third-order valence-corrected chi connectivity index (χ3v) is 4.52. The maximum atomic E-state index is 12.1. The summed E-state index contributed by atoms with van der Waals surface area (Å²) in [5, 5.41) is 12.6. The summed E-state index contributed by atoms with van der Waals surface area (Å²) in [7, 11) is 0. The molecule has 1 aliphatic heterocycles. The highest BCUT2D eigenvalue weighted by atomic mass is 32.1. The van der Waals surface area contributed by atoms with Crippen LogP contribution in [0.3, 0.4) is 0 Å². The molecule has 2 heterocycles. The van der Waals surface area contributed by atoms with Gasteiger partial charge in [0, 0.05) is 19.0 Å². The Labute approximate surface area is 129 Å². The second-order valence-electron chi connectivity index (χ2n) is 5.26. The van der Waals surface area contributed by atoms with Crippen LogP contribution in [0, 0.1) is 0 Å². The van der Waals surface area contributed by atoms with Crippen LogP contribution in [0.15, 0.2) is 0 Å². The monoisotopic (exact) mass is 312 g/mol. The fourth-order valence-electron chi connectivity index (χ4n) is 2.35. The van der Waals surface area contributed by atoms with Crippen LogP contribution in [0.25, 0.3) is 0 Å². The van der Waals surface area contributed by atoms with E-state index in [1.54, 1.807) is 0 Å². The molecule has 1 atom stereocenters. The number of anilines is 1. The molecule has 0 spiro atoms. The van der Waals surface area contributed by atoms with E-state index in [2.05, 4.69) is 34.3 Å². The van der Waals surface area contributed by atoms with Crippen molar-refractivity contribution in [2.24, 2.45) is 0 Å². The number of rotatable bonds is 7. The van der Waals surface area contributed by atoms with Gasteiger partial charge in [-0.25, -0.2) is 0 Å². The molecule has 1 fully saturated rings. The number of aromatic nitrogens is 2. The van der Waals surface area contributed by atoms with Crippen molar-refractivity contribution in [2.75, 3.05) is 31.6 Å². The van der Waals surface area contributed by atoms with Crippen LogP contribution in [0.4, 0.5) is 5.13 Å². The number of aryl methyl sites for hydroxylation is 1. The van der Waals surface area contributed by atoms with Crippen LogP contribution in [-0.4, -0.2) is 53.3 Å². The number of morpholine rings is 1. The fraction of sp³-hybridized carbons (Fsp3) is 0.786. The smallest absolute Gasteiger partial charge is 0.240 e. The Morgan fingerprint density at radius 3 is 3.10 bits per heavy atom. The molecule has 7 heteroatoms. The molecule has 1 N–H and O–H groups in total. The standard InChI is InChI=1S/C14H24N4O2S/c1-3-5-6-13-16-17-14(21-13)15-12(19)9-18-7-8-20-10-11(18)4-2/h11H,3-10H2,1-2H3,(H,15,17,19)/t11-/m0/s1. The SMILES string of the molecule is CCCCc1nnc(NC(=O)CN2CCOC[C@@H]2CC)s1. The van der Waals surface area contributed by atoms with Gasteiger partial charge in [0.25, 0.3) is 0 Å². The van der Waals surface area contributed by atoms with Crippen molar-refractivity contribution in [3.05, 3.63) is 5.01 Å². The van der Waals surface area contributed by atoms with E-state index < -0.39 is 0 Å². The highest BCUT2D eigenvalue weighted by Gasteiger charge is 2.23. The quantitative estimate of drug-likeness (QED) is 0.833. The van der Waals surface area contributed by atoms with E-state index in [-0.39, 0.29) is 5.91 Å². The molecule has 21 heavy (non-hydrogen) atoms. The molecule has 0 radical (unpaired) electrons. The molecule has 6 nitrogen and oxygen atoms in total. The van der Waals surface area contributed by atoms with E-state index in [4.69, 9.17) is 4.74 Å². The van der Waals surface area contributed by atoms with Crippen molar-refractivity contribution in [2.45, 2.75) is 45.6 Å². The summed E-state index contributed by atoms with van der Waals surface area (Å²) in [5.41, 5.74) is 0. The molecule has 1 aromatic rings. The first-order valence-corrected chi connectivity index (χ1v) is 8.48. The van der Waals surface area contributed by atoms with Gasteiger partial charge in [0.2, 0.25) is 11.0 Å². The summed E-state index contributed by atoms with van der Waals surface area (Å²) < 4.78 is 5.45. The van der Waals surface area contributed by atoms with Gasteiger partial charge in [0.1, 0.15) is 5.01 Å². The highest BCUT2D eigenvalue weighted by Crippen LogP contribution is 2.17. The van der Waals surface area contributed by atoms with Gasteiger partial charge in [-0.15, -0.1) is 10.2 Å². The second kappa shape index (κ2) is 8.41. The minimum Gasteiger partial charge on any atom is -0.378 e. The molecule has 1 amide bonds. The molecule has 1 aromatic heterocycles. The fourth-order valence-corrected chi connectivity index (χ4v) is 3.15. The molecule has 0 saturated carbocycles. The Hall–Kier alpha value is -1.05. The highest BCUT2D eigenvalue weighted by molar-refractivity contribution is 7.15. The molecular weight excluding hydrogens is 288 g/mol. The zero-order valence-electron chi connectivity index (χ0n) is 12.8. The van der Waals surface area contributed by atoms with Gasteiger partial charge in [-0.3, -0.25) is 15.0 Å². The molecule has 2 rings (SSSR count). The topological polar surface area (TPSA) is 67.4 Å². The first-order valence-electron chi connectivity index (χ1n) is 7.67. The lowest BCUT2D eigenvalue weighted by Crippen LogP contribution is -2.48. The number of carbonyl (C=O) groups excluding carboxylic acids is 1. The normalized spacial score (nSPS) is 19.6. The molecular formula is C14H24N4O2S. The minimum atomic E-state index is -0.0199. The van der Waals surface area contributed by atoms with E-state index in [1.165, 1.54) is 11.3 Å². The predicted octanol–water partition coefficient (Wildman–Crippen LogP) is 1.93. The van der Waals surface area contributed by atoms with E-state index in [1.807, 2.05) is 0 Å². The Kier molecular flexibility index (Phi) is 6.53. The van der Waals surface area contributed by atoms with Gasteiger partial charge in [-0.05, 0) is 12.8 Å². The maximum absolute atomic E-state index is 12.1. The summed E-state index contributed by atoms with van der Waals surface area (Å²) in [6.07, 6.45) is 4.17. The number of ether oxygens (including phenoxy) is 1. The van der Waals surface area contributed by atoms with Crippen molar-refractivity contribution in [1.29, 1.82) is 0 Å². The molecule has 0 bridgehead atoms. The average Bonchev–Trinajstić information content (AvgIpc) is 2.93. The summed E-state index contributed by atoms with van der Waals surface area (Å²) >= 11 is 1.47. The third-order valence-electron chi connectivity index (χ3n) is 3.62. The Bertz CT molecular complexity index is 452. The van der Waals surface area contributed by atoms with Crippen LogP contribution >= 0.6 is 11.3 Å². The molecule has 0 aromatic carbocycles. The summed E-state index contributed by atoms with van der Waals surface area (Å²) in [5.74, 6) is -0.0199. The van der Waals surface area contributed by atoms with Crippen LogP contribution in [-0.2, 0) is 16.0 Å². The summed E-state index contributed by atoms with van der Waals surface area (Å²) in [4.78, 5) is 14.3. The zero-order chi connectivity index (χ0) is 15.1. The Morgan fingerprint density at radius 2 is 2.33 bits per heavy atom. The number of nitrogens with zero attached hydrogens (tertiary/aromatic N) is 3. The molecule has 118 valence electrons. The van der Waals surface area contributed by atoms with Crippen molar-refractivity contribution in [3.63, 3.8) is 0 Å². The van der Waals surface area contributed by atoms with Gasteiger partial charge in [-0.1, -0.05) is 31.6 Å². The van der Waals surface area contributed by atoms with Crippen molar-refractivity contribution in [3.8, 4) is 0 Å². The lowest BCUT2D eigenvalue weighted by Gasteiger charge is -2.34. The average molecular weight is 312 g/mol. The number of carbonyl (C=O) groups is 1. The predicted molar refractivity (Wildman–Crippen MR) is 83.6 cm³/mol. The van der Waals surface area contributed by atoms with E-state index in [9.17, 15) is 4.79 Å². The second-order valence-corrected chi connectivity index (χ2v) is 6.32. The van der Waals surface area contributed by atoms with Gasteiger partial charge >= 0.3 is 0 Å². The lowest BCUT2D eigenvalue weighted by molar-refractivity contribution is -0.119. The first-order chi connectivity index (χ1) is 10.2. The van der Waals surface area contributed by atoms with Crippen LogP contribution < -0.4 is 5.32 Å². The largest absolute Gasteiger partial charge is 0.378 e. The Morgan fingerprint density at radius 1 is 1.48 bits per heavy atom. The van der Waals surface area contributed by atoms with Gasteiger partial charge < -0.3 is 4.74 Å². The van der Waals surface area contributed by atoms with Gasteiger partial charge in [0.15, 0.2) is 0 Å². The summed E-state index contributed by atoms with van der Waals surface area (Å²) in [6.45, 7) is 6.88. The van der Waals surface area contributed by atoms with Crippen molar-refractivity contribution < 1.29 is 9.53 Å². The molecule has 1 aliphatic rings. The van der Waals surface area contributed by atoms with Gasteiger partial charge in [-0.2, -0.15) is 0 Å². The van der Waals surface area contributed by atoms with Gasteiger partial charge in [0.05, 0.1) is 19.8 Å². The van der Waals surface area contributed by atoms with Crippen molar-refractivity contribution in [1.82, 2.24) is 15.1 Å². The van der Waals surface area contributed by atoms with Crippen molar-refractivity contribution >= 4 is 22.4 Å². The number of hydrogen-bond acceptors (Lipinski definition) is 6. The van der Waals surface area contributed by atoms with E-state index in [0.29, 0.717) is 30.9 Å². The maximum Gasteiger partial charge on any atom is 0.240 e. The number of nitrogens with one attached hydrogen (secondary N) is 1. The molecule has 1 saturated heterocycles. The number of unbranched alkanes of at least 4 members (excludes halogenated alkanes) is 1. The zero-order valence-corrected chi connectivity index (χ0v) is 13.6. The Balaban J connectivity index is 1.82. The first kappa shape index (κ1) is 16.3. The summed E-state index contributed by atoms with van der Waals surface area (Å²) in [6, 6.07) is 0.332. The lowest BCUT2D eigenvalue weighted by atomic mass is 10.2.